The summed E-state index contributed by atoms with van der Waals surface area (Å²) in [5.41, 5.74) is 0.985. The minimum absolute atomic E-state index is 0.209. The van der Waals surface area contributed by atoms with Gasteiger partial charge < -0.3 is 4.74 Å². The summed E-state index contributed by atoms with van der Waals surface area (Å²) in [5.74, 6) is 0.314. The Morgan fingerprint density at radius 2 is 2.29 bits per heavy atom. The molecule has 1 aliphatic rings. The van der Waals surface area contributed by atoms with Gasteiger partial charge in [0.25, 0.3) is 0 Å². The van der Waals surface area contributed by atoms with Crippen LogP contribution >= 0.6 is 0 Å². The fourth-order valence-corrected chi connectivity index (χ4v) is 1.49. The average molecular weight is 194 g/mol. The maximum absolute atomic E-state index is 11.2. The number of allylic oxidation sites excluding steroid dienone is 3. The van der Waals surface area contributed by atoms with Crippen LogP contribution in [0.5, 0.6) is 0 Å². The van der Waals surface area contributed by atoms with Crippen molar-refractivity contribution in [1.29, 1.82) is 0 Å². The minimum atomic E-state index is -0.209. The Hall–Kier alpha value is -1.05. The van der Waals surface area contributed by atoms with Crippen LogP contribution in [0.25, 0.3) is 0 Å². The summed E-state index contributed by atoms with van der Waals surface area (Å²) >= 11 is 0. The molecule has 0 saturated carbocycles. The Labute approximate surface area is 85.6 Å². The second-order valence-electron chi connectivity index (χ2n) is 4.00. The van der Waals surface area contributed by atoms with Crippen LogP contribution in [0.2, 0.25) is 0 Å². The molecule has 1 atom stereocenters. The molecule has 0 fully saturated rings. The van der Waals surface area contributed by atoms with Gasteiger partial charge in [-0.2, -0.15) is 0 Å². The smallest absolute Gasteiger partial charge is 0.330 e. The molecule has 0 amide bonds. The van der Waals surface area contributed by atoms with Crippen molar-refractivity contribution in [2.45, 2.75) is 33.1 Å². The van der Waals surface area contributed by atoms with Crippen LogP contribution in [-0.2, 0) is 9.53 Å². The van der Waals surface area contributed by atoms with Crippen LogP contribution < -0.4 is 0 Å². The minimum Gasteiger partial charge on any atom is -0.462 e. The lowest BCUT2D eigenvalue weighted by atomic mass is 9.95. The van der Waals surface area contributed by atoms with Crippen LogP contribution in [0, 0.1) is 5.92 Å². The third-order valence-corrected chi connectivity index (χ3v) is 2.25. The largest absolute Gasteiger partial charge is 0.462 e. The summed E-state index contributed by atoms with van der Waals surface area (Å²) < 4.78 is 5.14. The molecule has 2 heteroatoms. The van der Waals surface area contributed by atoms with Crippen LogP contribution in [0.1, 0.15) is 33.1 Å². The first-order valence-corrected chi connectivity index (χ1v) is 5.15. The Morgan fingerprint density at radius 3 is 2.86 bits per heavy atom. The standard InChI is InChI=1S/C12H18O2/c1-10(2)8-12(13)14-9-11-6-4-3-5-7-11/h3-4,8,11H,5-7,9H2,1-2H3. The highest BCUT2D eigenvalue weighted by molar-refractivity contribution is 5.82. The van der Waals surface area contributed by atoms with Crippen molar-refractivity contribution in [3.8, 4) is 0 Å². The molecule has 0 aliphatic heterocycles. The van der Waals surface area contributed by atoms with Crippen molar-refractivity contribution >= 4 is 5.97 Å². The van der Waals surface area contributed by atoms with Gasteiger partial charge in [-0.25, -0.2) is 4.79 Å². The summed E-state index contributed by atoms with van der Waals surface area (Å²) in [6, 6.07) is 0. The van der Waals surface area contributed by atoms with Crippen molar-refractivity contribution in [3.05, 3.63) is 23.8 Å². The number of carbonyl (C=O) groups excluding carboxylic acids is 1. The molecule has 1 aliphatic carbocycles. The molecule has 0 heterocycles. The molecule has 2 nitrogen and oxygen atoms in total. The van der Waals surface area contributed by atoms with E-state index in [9.17, 15) is 4.79 Å². The zero-order chi connectivity index (χ0) is 10.4. The number of carbonyl (C=O) groups is 1. The molecule has 0 bridgehead atoms. The first-order valence-electron chi connectivity index (χ1n) is 5.15. The van der Waals surface area contributed by atoms with Gasteiger partial charge in [0.05, 0.1) is 6.61 Å². The van der Waals surface area contributed by atoms with E-state index in [4.69, 9.17) is 4.74 Å². The van der Waals surface area contributed by atoms with Crippen molar-refractivity contribution in [2.24, 2.45) is 5.92 Å². The molecular formula is C12H18O2. The maximum atomic E-state index is 11.2. The summed E-state index contributed by atoms with van der Waals surface area (Å²) in [7, 11) is 0. The van der Waals surface area contributed by atoms with E-state index < -0.39 is 0 Å². The van der Waals surface area contributed by atoms with E-state index in [1.54, 1.807) is 6.08 Å². The van der Waals surface area contributed by atoms with Gasteiger partial charge in [-0.3, -0.25) is 0 Å². The van der Waals surface area contributed by atoms with Gasteiger partial charge in [0.15, 0.2) is 0 Å². The zero-order valence-electron chi connectivity index (χ0n) is 8.95. The SMILES string of the molecule is CC(C)=CC(=O)OCC1CC=CCC1. The lowest BCUT2D eigenvalue weighted by molar-refractivity contribution is -0.139. The Bertz CT molecular complexity index is 247. The van der Waals surface area contributed by atoms with Gasteiger partial charge in [0.2, 0.25) is 0 Å². The summed E-state index contributed by atoms with van der Waals surface area (Å²) in [5, 5.41) is 0. The molecular weight excluding hydrogens is 176 g/mol. The summed E-state index contributed by atoms with van der Waals surface area (Å²) in [4.78, 5) is 11.2. The van der Waals surface area contributed by atoms with Crippen LogP contribution in [0.3, 0.4) is 0 Å². The number of esters is 1. The number of hydrogen-bond acceptors (Lipinski definition) is 2. The molecule has 0 saturated heterocycles. The average Bonchev–Trinajstić information content (AvgIpc) is 2.15. The second kappa shape index (κ2) is 5.63. The molecule has 78 valence electrons. The molecule has 0 aromatic rings. The Balaban J connectivity index is 2.23. The quantitative estimate of drug-likeness (QED) is 0.392. The van der Waals surface area contributed by atoms with Crippen molar-refractivity contribution in [2.75, 3.05) is 6.61 Å². The van der Waals surface area contributed by atoms with E-state index in [1.807, 2.05) is 13.8 Å². The molecule has 0 aromatic heterocycles. The molecule has 0 spiro atoms. The highest BCUT2D eigenvalue weighted by Gasteiger charge is 2.11. The van der Waals surface area contributed by atoms with Crippen molar-refractivity contribution in [1.82, 2.24) is 0 Å². The zero-order valence-corrected chi connectivity index (χ0v) is 8.95. The fourth-order valence-electron chi connectivity index (χ4n) is 1.49. The highest BCUT2D eigenvalue weighted by Crippen LogP contribution is 2.18. The number of ether oxygens (including phenoxy) is 1. The first-order chi connectivity index (χ1) is 6.68. The normalized spacial score (nSPS) is 20.3. The van der Waals surface area contributed by atoms with Crippen LogP contribution in [0.15, 0.2) is 23.8 Å². The third kappa shape index (κ3) is 4.26. The van der Waals surface area contributed by atoms with Gasteiger partial charge in [-0.1, -0.05) is 17.7 Å². The van der Waals surface area contributed by atoms with Crippen LogP contribution in [0.4, 0.5) is 0 Å². The molecule has 14 heavy (non-hydrogen) atoms. The van der Waals surface area contributed by atoms with E-state index in [2.05, 4.69) is 12.2 Å². The Kier molecular flexibility index (Phi) is 4.44. The monoisotopic (exact) mass is 194 g/mol. The topological polar surface area (TPSA) is 26.3 Å². The highest BCUT2D eigenvalue weighted by atomic mass is 16.5. The van der Waals surface area contributed by atoms with E-state index in [0.717, 1.165) is 24.8 Å². The predicted octanol–water partition coefficient (Wildman–Crippen LogP) is 2.85. The number of rotatable bonds is 3. The summed E-state index contributed by atoms with van der Waals surface area (Å²) in [6.07, 6.45) is 9.20. The predicted molar refractivity (Wildman–Crippen MR) is 56.9 cm³/mol. The van der Waals surface area contributed by atoms with Crippen molar-refractivity contribution < 1.29 is 9.53 Å². The molecule has 1 unspecified atom stereocenters. The van der Waals surface area contributed by atoms with Gasteiger partial charge in [0, 0.05) is 6.08 Å². The lowest BCUT2D eigenvalue weighted by Crippen LogP contribution is -2.14. The summed E-state index contributed by atoms with van der Waals surface area (Å²) in [6.45, 7) is 4.35. The van der Waals surface area contributed by atoms with E-state index in [0.29, 0.717) is 12.5 Å². The van der Waals surface area contributed by atoms with E-state index in [-0.39, 0.29) is 5.97 Å². The molecule has 0 aromatic carbocycles. The molecule has 1 rings (SSSR count). The maximum Gasteiger partial charge on any atom is 0.330 e. The second-order valence-corrected chi connectivity index (χ2v) is 4.00. The van der Waals surface area contributed by atoms with Gasteiger partial charge in [-0.15, -0.1) is 0 Å². The van der Waals surface area contributed by atoms with Gasteiger partial charge in [-0.05, 0) is 39.0 Å². The van der Waals surface area contributed by atoms with Crippen molar-refractivity contribution in [3.63, 3.8) is 0 Å². The lowest BCUT2D eigenvalue weighted by Gasteiger charge is -2.16. The molecule has 0 N–H and O–H groups in total. The molecule has 0 radical (unpaired) electrons. The van der Waals surface area contributed by atoms with E-state index >= 15 is 0 Å². The van der Waals surface area contributed by atoms with Crippen LogP contribution in [-0.4, -0.2) is 12.6 Å². The van der Waals surface area contributed by atoms with E-state index in [1.165, 1.54) is 0 Å². The van der Waals surface area contributed by atoms with Gasteiger partial charge >= 0.3 is 5.97 Å². The Morgan fingerprint density at radius 1 is 1.50 bits per heavy atom. The first kappa shape index (κ1) is 11.0. The third-order valence-electron chi connectivity index (χ3n) is 2.25. The van der Waals surface area contributed by atoms with Gasteiger partial charge in [0.1, 0.15) is 0 Å². The number of hydrogen-bond donors (Lipinski definition) is 0. The fraction of sp³-hybridized carbons (Fsp3) is 0.583.